The standard InChI is InChI=1S/C16H24N6O2/c23-12-2-6-21(7-3-12)14-1-4-18-16(19-14)22-10-9-20-8-5-17-15(24)13(20)11-22/h1,4,12-13,23H,2-3,5-11H2,(H,17,24)/t13-/m0/s1. The minimum absolute atomic E-state index is 0.104. The molecular formula is C16H24N6O2. The molecule has 1 atom stereocenters. The van der Waals surface area contributed by atoms with Crippen LogP contribution in [0.15, 0.2) is 12.3 Å². The molecule has 0 aromatic carbocycles. The molecule has 3 fully saturated rings. The van der Waals surface area contributed by atoms with Crippen LogP contribution in [0.4, 0.5) is 11.8 Å². The molecule has 8 nitrogen and oxygen atoms in total. The number of carbonyl (C=O) groups excluding carboxylic acids is 1. The Kier molecular flexibility index (Phi) is 4.24. The van der Waals surface area contributed by atoms with Crippen LogP contribution >= 0.6 is 0 Å². The fourth-order valence-electron chi connectivity index (χ4n) is 3.72. The predicted molar refractivity (Wildman–Crippen MR) is 90.1 cm³/mol. The maximum absolute atomic E-state index is 12.1. The first-order valence-electron chi connectivity index (χ1n) is 8.73. The Hall–Kier alpha value is -1.93. The zero-order valence-electron chi connectivity index (χ0n) is 13.8. The van der Waals surface area contributed by atoms with Crippen LogP contribution in [0.25, 0.3) is 0 Å². The minimum atomic E-state index is -0.194. The lowest BCUT2D eigenvalue weighted by Gasteiger charge is -2.43. The number of hydrogen-bond donors (Lipinski definition) is 2. The Bertz CT molecular complexity index is 604. The average Bonchev–Trinajstić information content (AvgIpc) is 2.63. The quantitative estimate of drug-likeness (QED) is 0.723. The molecule has 0 aliphatic carbocycles. The molecule has 0 spiro atoms. The van der Waals surface area contributed by atoms with E-state index in [0.29, 0.717) is 12.5 Å². The summed E-state index contributed by atoms with van der Waals surface area (Å²) in [5, 5.41) is 12.6. The number of anilines is 2. The van der Waals surface area contributed by atoms with Crippen molar-refractivity contribution < 1.29 is 9.90 Å². The fourth-order valence-corrected chi connectivity index (χ4v) is 3.72. The van der Waals surface area contributed by atoms with E-state index in [9.17, 15) is 9.90 Å². The summed E-state index contributed by atoms with van der Waals surface area (Å²) in [5.74, 6) is 1.70. The van der Waals surface area contributed by atoms with Crippen molar-refractivity contribution in [3.05, 3.63) is 12.3 Å². The van der Waals surface area contributed by atoms with Crippen LogP contribution in [0, 0.1) is 0 Å². The second-order valence-corrected chi connectivity index (χ2v) is 6.72. The largest absolute Gasteiger partial charge is 0.393 e. The number of rotatable bonds is 2. The van der Waals surface area contributed by atoms with Gasteiger partial charge in [-0.2, -0.15) is 4.98 Å². The van der Waals surface area contributed by atoms with Gasteiger partial charge in [0.25, 0.3) is 0 Å². The molecule has 3 aliphatic heterocycles. The molecule has 0 bridgehead atoms. The van der Waals surface area contributed by atoms with Gasteiger partial charge in [-0.1, -0.05) is 0 Å². The van der Waals surface area contributed by atoms with Crippen molar-refractivity contribution in [2.75, 3.05) is 55.6 Å². The van der Waals surface area contributed by atoms with Gasteiger partial charge in [0.05, 0.1) is 6.10 Å². The topological polar surface area (TPSA) is 84.8 Å². The van der Waals surface area contributed by atoms with Gasteiger partial charge in [-0.15, -0.1) is 0 Å². The molecule has 1 aromatic rings. The van der Waals surface area contributed by atoms with E-state index in [1.165, 1.54) is 0 Å². The second-order valence-electron chi connectivity index (χ2n) is 6.72. The third-order valence-electron chi connectivity index (χ3n) is 5.19. The molecular weight excluding hydrogens is 308 g/mol. The summed E-state index contributed by atoms with van der Waals surface area (Å²) < 4.78 is 0. The highest BCUT2D eigenvalue weighted by Crippen LogP contribution is 2.22. The van der Waals surface area contributed by atoms with Crippen LogP contribution in [0.1, 0.15) is 12.8 Å². The summed E-state index contributed by atoms with van der Waals surface area (Å²) in [5.41, 5.74) is 0. The zero-order chi connectivity index (χ0) is 16.5. The number of piperazine rings is 2. The Balaban J connectivity index is 1.48. The van der Waals surface area contributed by atoms with E-state index < -0.39 is 0 Å². The third kappa shape index (κ3) is 3.03. The molecule has 0 radical (unpaired) electrons. The first-order chi connectivity index (χ1) is 11.7. The van der Waals surface area contributed by atoms with Crippen molar-refractivity contribution in [2.24, 2.45) is 0 Å². The van der Waals surface area contributed by atoms with Gasteiger partial charge < -0.3 is 20.2 Å². The van der Waals surface area contributed by atoms with Crippen molar-refractivity contribution in [3.63, 3.8) is 0 Å². The van der Waals surface area contributed by atoms with E-state index in [1.807, 2.05) is 6.07 Å². The molecule has 4 heterocycles. The highest BCUT2D eigenvalue weighted by atomic mass is 16.3. The highest BCUT2D eigenvalue weighted by Gasteiger charge is 2.35. The normalized spacial score (nSPS) is 26.2. The SMILES string of the molecule is O=C1NCCN2CCN(c3nccc(N4CCC(O)CC4)n3)C[C@@H]12. The van der Waals surface area contributed by atoms with Gasteiger partial charge in [0.15, 0.2) is 0 Å². The van der Waals surface area contributed by atoms with Gasteiger partial charge in [0, 0.05) is 52.0 Å². The van der Waals surface area contributed by atoms with Crippen LogP contribution in [0.5, 0.6) is 0 Å². The molecule has 24 heavy (non-hydrogen) atoms. The highest BCUT2D eigenvalue weighted by molar-refractivity contribution is 5.83. The van der Waals surface area contributed by atoms with Crippen LogP contribution in [0.2, 0.25) is 0 Å². The van der Waals surface area contributed by atoms with Crippen molar-refractivity contribution >= 4 is 17.7 Å². The summed E-state index contributed by atoms with van der Waals surface area (Å²) in [4.78, 5) is 27.8. The summed E-state index contributed by atoms with van der Waals surface area (Å²) in [6.07, 6.45) is 3.15. The van der Waals surface area contributed by atoms with Crippen LogP contribution in [-0.4, -0.2) is 83.8 Å². The van der Waals surface area contributed by atoms with Gasteiger partial charge in [-0.05, 0) is 18.9 Å². The molecule has 4 rings (SSSR count). The molecule has 1 amide bonds. The number of hydrogen-bond acceptors (Lipinski definition) is 7. The predicted octanol–water partition coefficient (Wildman–Crippen LogP) is -0.942. The van der Waals surface area contributed by atoms with Gasteiger partial charge in [0.2, 0.25) is 11.9 Å². The molecule has 130 valence electrons. The summed E-state index contributed by atoms with van der Waals surface area (Å²) in [6.45, 7) is 5.62. The van der Waals surface area contributed by atoms with Gasteiger partial charge >= 0.3 is 0 Å². The van der Waals surface area contributed by atoms with E-state index >= 15 is 0 Å². The number of amides is 1. The van der Waals surface area contributed by atoms with E-state index in [2.05, 4.69) is 25.0 Å². The Morgan fingerprint density at radius 2 is 1.96 bits per heavy atom. The van der Waals surface area contributed by atoms with E-state index in [-0.39, 0.29) is 18.1 Å². The molecule has 2 N–H and O–H groups in total. The number of fused-ring (bicyclic) bond motifs is 1. The maximum Gasteiger partial charge on any atom is 0.239 e. The minimum Gasteiger partial charge on any atom is -0.393 e. The van der Waals surface area contributed by atoms with Crippen molar-refractivity contribution in [3.8, 4) is 0 Å². The Morgan fingerprint density at radius 1 is 1.12 bits per heavy atom. The number of piperidine rings is 1. The average molecular weight is 332 g/mol. The first kappa shape index (κ1) is 15.6. The summed E-state index contributed by atoms with van der Waals surface area (Å²) >= 11 is 0. The lowest BCUT2D eigenvalue weighted by Crippen LogP contribution is -2.64. The van der Waals surface area contributed by atoms with E-state index in [4.69, 9.17) is 4.98 Å². The van der Waals surface area contributed by atoms with Crippen LogP contribution in [-0.2, 0) is 4.79 Å². The monoisotopic (exact) mass is 332 g/mol. The number of carbonyl (C=O) groups is 1. The van der Waals surface area contributed by atoms with Crippen LogP contribution < -0.4 is 15.1 Å². The van der Waals surface area contributed by atoms with Crippen molar-refractivity contribution in [2.45, 2.75) is 25.0 Å². The number of aliphatic hydroxyl groups excluding tert-OH is 1. The lowest BCUT2D eigenvalue weighted by molar-refractivity contribution is -0.129. The zero-order valence-corrected chi connectivity index (χ0v) is 13.8. The molecule has 0 saturated carbocycles. The third-order valence-corrected chi connectivity index (χ3v) is 5.19. The summed E-state index contributed by atoms with van der Waals surface area (Å²) in [6, 6.07) is 1.81. The van der Waals surface area contributed by atoms with Gasteiger partial charge in [-0.3, -0.25) is 9.69 Å². The van der Waals surface area contributed by atoms with E-state index in [0.717, 1.165) is 57.9 Å². The second kappa shape index (κ2) is 6.52. The van der Waals surface area contributed by atoms with Gasteiger partial charge in [-0.25, -0.2) is 4.98 Å². The number of nitrogens with zero attached hydrogens (tertiary/aromatic N) is 5. The maximum atomic E-state index is 12.1. The fraction of sp³-hybridized carbons (Fsp3) is 0.688. The smallest absolute Gasteiger partial charge is 0.239 e. The number of aromatic nitrogens is 2. The van der Waals surface area contributed by atoms with Crippen LogP contribution in [0.3, 0.4) is 0 Å². The number of nitrogens with one attached hydrogen (secondary N) is 1. The van der Waals surface area contributed by atoms with Crippen molar-refractivity contribution in [1.29, 1.82) is 0 Å². The van der Waals surface area contributed by atoms with E-state index in [1.54, 1.807) is 6.20 Å². The Labute approximate surface area is 141 Å². The molecule has 3 saturated heterocycles. The molecule has 1 aromatic heterocycles. The first-order valence-corrected chi connectivity index (χ1v) is 8.73. The molecule has 0 unspecified atom stereocenters. The molecule has 8 heteroatoms. The Morgan fingerprint density at radius 3 is 2.79 bits per heavy atom. The van der Waals surface area contributed by atoms with Crippen molar-refractivity contribution in [1.82, 2.24) is 20.2 Å². The molecule has 3 aliphatic rings. The van der Waals surface area contributed by atoms with Gasteiger partial charge in [0.1, 0.15) is 11.9 Å². The lowest BCUT2D eigenvalue weighted by atomic mass is 10.1. The number of aliphatic hydroxyl groups is 1. The summed E-state index contributed by atoms with van der Waals surface area (Å²) in [7, 11) is 0.